The number of ether oxygens (including phenoxy) is 2. The molecule has 4 rings (SSSR count). The Morgan fingerprint density at radius 3 is 2.42 bits per heavy atom. The fourth-order valence-corrected chi connectivity index (χ4v) is 4.02. The number of anilines is 1. The quantitative estimate of drug-likeness (QED) is 0.409. The van der Waals surface area contributed by atoms with Gasteiger partial charge in [-0.3, -0.25) is 9.48 Å². The monoisotopic (exact) mass is 434 g/mol. The Balaban J connectivity index is 1.74. The number of nitrogens with zero attached hydrogens (tertiary/aromatic N) is 3. The topological polar surface area (TPSA) is 78.3 Å². The number of nitrogens with one attached hydrogen (secondary N) is 1. The van der Waals surface area contributed by atoms with E-state index in [2.05, 4.69) is 14.8 Å². The Kier molecular flexibility index (Phi) is 5.99. The SMILES string of the molecule is COc1cc(NC(C(=O)c2nscc2-c2cnn(C)c2)c2ccccc2)cc(OC)c1. The van der Waals surface area contributed by atoms with Crippen molar-refractivity contribution in [2.75, 3.05) is 19.5 Å². The second kappa shape index (κ2) is 9.01. The van der Waals surface area contributed by atoms with Gasteiger partial charge < -0.3 is 14.8 Å². The molecule has 0 aliphatic rings. The Labute approximate surface area is 184 Å². The fourth-order valence-electron chi connectivity index (χ4n) is 3.32. The lowest BCUT2D eigenvalue weighted by molar-refractivity contribution is 0.0966. The number of aryl methyl sites for hydroxylation is 1. The summed E-state index contributed by atoms with van der Waals surface area (Å²) in [6.45, 7) is 0. The lowest BCUT2D eigenvalue weighted by atomic mass is 9.97. The maximum atomic E-state index is 13.7. The molecule has 0 bridgehead atoms. The van der Waals surface area contributed by atoms with Gasteiger partial charge >= 0.3 is 0 Å². The van der Waals surface area contributed by atoms with E-state index in [-0.39, 0.29) is 5.78 Å². The van der Waals surface area contributed by atoms with Crippen LogP contribution in [0.5, 0.6) is 11.5 Å². The molecule has 4 aromatic rings. The van der Waals surface area contributed by atoms with Gasteiger partial charge in [0.15, 0.2) is 0 Å². The van der Waals surface area contributed by atoms with Crippen LogP contribution >= 0.6 is 11.5 Å². The van der Waals surface area contributed by atoms with Gasteiger partial charge in [-0.1, -0.05) is 30.3 Å². The number of ketones is 1. The normalized spacial score (nSPS) is 11.7. The van der Waals surface area contributed by atoms with E-state index in [1.54, 1.807) is 31.2 Å². The van der Waals surface area contributed by atoms with E-state index < -0.39 is 6.04 Å². The summed E-state index contributed by atoms with van der Waals surface area (Å²) < 4.78 is 16.9. The van der Waals surface area contributed by atoms with Gasteiger partial charge in [-0.15, -0.1) is 0 Å². The first kappa shape index (κ1) is 20.6. The average molecular weight is 435 g/mol. The minimum absolute atomic E-state index is 0.131. The third-order valence-corrected chi connectivity index (χ3v) is 5.51. The molecule has 0 amide bonds. The van der Waals surface area contributed by atoms with Crippen LogP contribution in [0.4, 0.5) is 5.69 Å². The third-order valence-electron chi connectivity index (χ3n) is 4.88. The predicted molar refractivity (Wildman–Crippen MR) is 121 cm³/mol. The number of carbonyl (C=O) groups is 1. The van der Waals surface area contributed by atoms with Crippen LogP contribution in [-0.2, 0) is 7.05 Å². The molecule has 0 aliphatic heterocycles. The highest BCUT2D eigenvalue weighted by atomic mass is 32.1. The molecule has 2 aromatic carbocycles. The number of benzene rings is 2. The Morgan fingerprint density at radius 1 is 1.10 bits per heavy atom. The van der Waals surface area contributed by atoms with Crippen molar-refractivity contribution in [3.8, 4) is 22.6 Å². The van der Waals surface area contributed by atoms with Crippen LogP contribution in [-0.4, -0.2) is 34.2 Å². The molecule has 8 heteroatoms. The van der Waals surface area contributed by atoms with Gasteiger partial charge in [0, 0.05) is 53.6 Å². The Morgan fingerprint density at radius 2 is 1.81 bits per heavy atom. The third kappa shape index (κ3) is 4.44. The molecule has 0 saturated heterocycles. The molecular formula is C23H22N4O3S. The van der Waals surface area contributed by atoms with Crippen molar-refractivity contribution in [2.24, 2.45) is 7.05 Å². The highest BCUT2D eigenvalue weighted by molar-refractivity contribution is 7.04. The van der Waals surface area contributed by atoms with E-state index in [0.29, 0.717) is 22.9 Å². The largest absolute Gasteiger partial charge is 0.497 e. The molecule has 2 heterocycles. The molecule has 0 radical (unpaired) electrons. The minimum Gasteiger partial charge on any atom is -0.497 e. The first-order chi connectivity index (χ1) is 15.1. The van der Waals surface area contributed by atoms with Crippen molar-refractivity contribution in [1.82, 2.24) is 14.2 Å². The molecule has 0 spiro atoms. The summed E-state index contributed by atoms with van der Waals surface area (Å²) in [4.78, 5) is 13.7. The van der Waals surface area contributed by atoms with Gasteiger partial charge in [0.25, 0.3) is 0 Å². The number of hydrogen-bond acceptors (Lipinski definition) is 7. The highest BCUT2D eigenvalue weighted by Crippen LogP contribution is 2.32. The van der Waals surface area contributed by atoms with E-state index in [4.69, 9.17) is 9.47 Å². The van der Waals surface area contributed by atoms with Crippen molar-refractivity contribution < 1.29 is 14.3 Å². The molecule has 158 valence electrons. The standard InChI is InChI=1S/C23H22N4O3S/c1-27-13-16(12-24-27)20-14-31-26-22(20)23(28)21(15-7-5-4-6-8-15)25-17-9-18(29-2)11-19(10-17)30-3/h4-14,21,25H,1-3H3. The van der Waals surface area contributed by atoms with E-state index in [1.165, 1.54) is 11.5 Å². The van der Waals surface area contributed by atoms with Crippen LogP contribution in [0, 0.1) is 0 Å². The van der Waals surface area contributed by atoms with Crippen LogP contribution < -0.4 is 14.8 Å². The van der Waals surface area contributed by atoms with Crippen LogP contribution in [0.25, 0.3) is 11.1 Å². The molecule has 31 heavy (non-hydrogen) atoms. The van der Waals surface area contributed by atoms with Crippen molar-refractivity contribution >= 4 is 23.0 Å². The lowest BCUT2D eigenvalue weighted by Crippen LogP contribution is -2.22. The average Bonchev–Trinajstić information content (AvgIpc) is 3.46. The fraction of sp³-hybridized carbons (Fsp3) is 0.174. The Bertz CT molecular complexity index is 1160. The highest BCUT2D eigenvalue weighted by Gasteiger charge is 2.27. The van der Waals surface area contributed by atoms with Crippen LogP contribution in [0.2, 0.25) is 0 Å². The zero-order chi connectivity index (χ0) is 21.8. The van der Waals surface area contributed by atoms with Crippen LogP contribution in [0.3, 0.4) is 0 Å². The molecule has 1 atom stereocenters. The summed E-state index contributed by atoms with van der Waals surface area (Å²) in [7, 11) is 5.02. The summed E-state index contributed by atoms with van der Waals surface area (Å²) >= 11 is 1.25. The smallest absolute Gasteiger partial charge is 0.209 e. The van der Waals surface area contributed by atoms with Crippen molar-refractivity contribution in [3.05, 3.63) is 77.6 Å². The van der Waals surface area contributed by atoms with E-state index in [1.807, 2.05) is 61.1 Å². The summed E-state index contributed by atoms with van der Waals surface area (Å²) in [5, 5.41) is 9.45. The van der Waals surface area contributed by atoms with Crippen LogP contribution in [0.15, 0.2) is 66.3 Å². The number of methoxy groups -OCH3 is 2. The molecule has 0 saturated carbocycles. The number of rotatable bonds is 8. The molecule has 0 aliphatic carbocycles. The maximum Gasteiger partial charge on any atom is 0.209 e. The number of aromatic nitrogens is 3. The van der Waals surface area contributed by atoms with Gasteiger partial charge in [-0.05, 0) is 17.1 Å². The molecule has 1 N–H and O–H groups in total. The zero-order valence-electron chi connectivity index (χ0n) is 17.4. The first-order valence-corrected chi connectivity index (χ1v) is 10.4. The van der Waals surface area contributed by atoms with Crippen molar-refractivity contribution in [1.29, 1.82) is 0 Å². The van der Waals surface area contributed by atoms with Gasteiger partial charge in [0.1, 0.15) is 23.2 Å². The summed E-state index contributed by atoms with van der Waals surface area (Å²) in [5.74, 6) is 1.13. The second-order valence-electron chi connectivity index (χ2n) is 6.93. The summed E-state index contributed by atoms with van der Waals surface area (Å²) in [5.41, 5.74) is 3.58. The second-order valence-corrected chi connectivity index (χ2v) is 7.56. The van der Waals surface area contributed by atoms with E-state index in [0.717, 1.165) is 16.7 Å². The van der Waals surface area contributed by atoms with E-state index >= 15 is 0 Å². The number of Topliss-reactive ketones (excluding diaryl/α,β-unsaturated/α-hetero) is 1. The molecule has 7 nitrogen and oxygen atoms in total. The summed E-state index contributed by atoms with van der Waals surface area (Å²) in [6, 6.07) is 14.4. The minimum atomic E-state index is -0.643. The molecule has 1 unspecified atom stereocenters. The summed E-state index contributed by atoms with van der Waals surface area (Å²) in [6.07, 6.45) is 3.61. The number of hydrogen-bond donors (Lipinski definition) is 1. The number of carbonyl (C=O) groups excluding carboxylic acids is 1. The van der Waals surface area contributed by atoms with E-state index in [9.17, 15) is 4.79 Å². The van der Waals surface area contributed by atoms with Crippen molar-refractivity contribution in [3.63, 3.8) is 0 Å². The van der Waals surface area contributed by atoms with Gasteiger partial charge in [0.05, 0.1) is 20.4 Å². The zero-order valence-corrected chi connectivity index (χ0v) is 18.2. The van der Waals surface area contributed by atoms with Gasteiger partial charge in [0.2, 0.25) is 5.78 Å². The molecule has 0 fully saturated rings. The van der Waals surface area contributed by atoms with Crippen LogP contribution in [0.1, 0.15) is 22.1 Å². The lowest BCUT2D eigenvalue weighted by Gasteiger charge is -2.20. The maximum absolute atomic E-state index is 13.7. The first-order valence-electron chi connectivity index (χ1n) is 9.61. The van der Waals surface area contributed by atoms with Gasteiger partial charge in [-0.2, -0.15) is 9.47 Å². The Hall–Kier alpha value is -3.65. The van der Waals surface area contributed by atoms with Gasteiger partial charge in [-0.25, -0.2) is 0 Å². The van der Waals surface area contributed by atoms with Crippen molar-refractivity contribution in [2.45, 2.75) is 6.04 Å². The molecule has 2 aromatic heterocycles. The predicted octanol–water partition coefficient (Wildman–Crippen LogP) is 4.60. The molecular weight excluding hydrogens is 412 g/mol.